The van der Waals surface area contributed by atoms with Gasteiger partial charge in [-0.1, -0.05) is 17.7 Å². The SMILES string of the molecule is Cc1ccc(Nc2ccc(S(=O)(=O)N(C(C)C)C(C)C)cn2)cc1. The Bertz CT molecular complexity index is 759. The van der Waals surface area contributed by atoms with Gasteiger partial charge >= 0.3 is 0 Å². The summed E-state index contributed by atoms with van der Waals surface area (Å²) in [5.41, 5.74) is 2.09. The molecular weight excluding hydrogens is 322 g/mol. The van der Waals surface area contributed by atoms with Crippen LogP contribution in [-0.2, 0) is 10.0 Å². The summed E-state index contributed by atoms with van der Waals surface area (Å²) >= 11 is 0. The zero-order valence-electron chi connectivity index (χ0n) is 14.8. The van der Waals surface area contributed by atoms with E-state index in [1.165, 1.54) is 16.1 Å². The normalized spacial score (nSPS) is 12.2. The number of nitrogens with zero attached hydrogens (tertiary/aromatic N) is 2. The Morgan fingerprint density at radius 3 is 2.00 bits per heavy atom. The minimum Gasteiger partial charge on any atom is -0.340 e. The molecule has 0 aliphatic heterocycles. The maximum atomic E-state index is 12.8. The predicted molar refractivity (Wildman–Crippen MR) is 98.0 cm³/mol. The van der Waals surface area contributed by atoms with Crippen molar-refractivity contribution in [1.29, 1.82) is 0 Å². The summed E-state index contributed by atoms with van der Waals surface area (Å²) in [7, 11) is -3.55. The maximum Gasteiger partial charge on any atom is 0.245 e. The van der Waals surface area contributed by atoms with Crippen molar-refractivity contribution in [2.75, 3.05) is 5.32 Å². The lowest BCUT2D eigenvalue weighted by Gasteiger charge is -2.29. The molecule has 0 bridgehead atoms. The Morgan fingerprint density at radius 1 is 0.958 bits per heavy atom. The zero-order chi connectivity index (χ0) is 17.9. The van der Waals surface area contributed by atoms with E-state index in [9.17, 15) is 8.42 Å². The van der Waals surface area contributed by atoms with E-state index in [0.717, 1.165) is 5.69 Å². The Labute approximate surface area is 144 Å². The molecule has 0 saturated heterocycles. The zero-order valence-corrected chi connectivity index (χ0v) is 15.6. The molecule has 0 spiro atoms. The molecule has 0 unspecified atom stereocenters. The number of aromatic nitrogens is 1. The third kappa shape index (κ3) is 4.13. The van der Waals surface area contributed by atoms with Crippen LogP contribution in [0.2, 0.25) is 0 Å². The van der Waals surface area contributed by atoms with E-state index in [1.807, 2.05) is 58.9 Å². The first kappa shape index (κ1) is 18.4. The monoisotopic (exact) mass is 347 g/mol. The second-order valence-electron chi connectivity index (χ2n) is 6.39. The molecule has 0 aliphatic carbocycles. The minimum atomic E-state index is -3.55. The highest BCUT2D eigenvalue weighted by atomic mass is 32.2. The summed E-state index contributed by atoms with van der Waals surface area (Å²) in [5, 5.41) is 3.16. The fraction of sp³-hybridized carbons (Fsp3) is 0.389. The predicted octanol–water partition coefficient (Wildman–Crippen LogP) is 3.94. The van der Waals surface area contributed by atoms with Crippen LogP contribution in [-0.4, -0.2) is 29.8 Å². The highest BCUT2D eigenvalue weighted by Gasteiger charge is 2.29. The van der Waals surface area contributed by atoms with Crippen LogP contribution in [0.5, 0.6) is 0 Å². The number of anilines is 2. The van der Waals surface area contributed by atoms with Crippen LogP contribution in [0.3, 0.4) is 0 Å². The molecule has 5 nitrogen and oxygen atoms in total. The van der Waals surface area contributed by atoms with Crippen molar-refractivity contribution in [2.45, 2.75) is 51.6 Å². The third-order valence-electron chi connectivity index (χ3n) is 3.65. The quantitative estimate of drug-likeness (QED) is 0.860. The van der Waals surface area contributed by atoms with Gasteiger partial charge in [-0.05, 0) is 58.9 Å². The van der Waals surface area contributed by atoms with Crippen molar-refractivity contribution >= 4 is 21.5 Å². The van der Waals surface area contributed by atoms with Crippen LogP contribution >= 0.6 is 0 Å². The number of benzene rings is 1. The number of aryl methyl sites for hydroxylation is 1. The fourth-order valence-corrected chi connectivity index (χ4v) is 4.44. The average molecular weight is 347 g/mol. The molecule has 0 fully saturated rings. The van der Waals surface area contributed by atoms with Crippen molar-refractivity contribution in [1.82, 2.24) is 9.29 Å². The molecule has 1 aromatic carbocycles. The Hall–Kier alpha value is -1.92. The molecule has 1 aromatic heterocycles. The summed E-state index contributed by atoms with van der Waals surface area (Å²) in [6, 6.07) is 11.0. The smallest absolute Gasteiger partial charge is 0.245 e. The molecule has 0 saturated carbocycles. The largest absolute Gasteiger partial charge is 0.340 e. The van der Waals surface area contributed by atoms with E-state index in [1.54, 1.807) is 12.1 Å². The first-order chi connectivity index (χ1) is 11.2. The molecule has 130 valence electrons. The number of nitrogens with one attached hydrogen (secondary N) is 1. The lowest BCUT2D eigenvalue weighted by Crippen LogP contribution is -2.41. The Balaban J connectivity index is 2.23. The van der Waals surface area contributed by atoms with Gasteiger partial charge in [0.2, 0.25) is 10.0 Å². The van der Waals surface area contributed by atoms with Gasteiger partial charge in [0.15, 0.2) is 0 Å². The maximum absolute atomic E-state index is 12.8. The van der Waals surface area contributed by atoms with E-state index < -0.39 is 10.0 Å². The van der Waals surface area contributed by atoms with Crippen molar-refractivity contribution in [3.63, 3.8) is 0 Å². The van der Waals surface area contributed by atoms with Crippen LogP contribution in [0.4, 0.5) is 11.5 Å². The van der Waals surface area contributed by atoms with E-state index in [0.29, 0.717) is 5.82 Å². The van der Waals surface area contributed by atoms with E-state index in [-0.39, 0.29) is 17.0 Å². The molecule has 0 amide bonds. The number of pyridine rings is 1. The van der Waals surface area contributed by atoms with Crippen molar-refractivity contribution in [3.8, 4) is 0 Å². The molecule has 24 heavy (non-hydrogen) atoms. The molecule has 0 atom stereocenters. The molecule has 2 rings (SSSR count). The fourth-order valence-electron chi connectivity index (χ4n) is 2.66. The Morgan fingerprint density at radius 2 is 1.54 bits per heavy atom. The van der Waals surface area contributed by atoms with Gasteiger partial charge in [-0.25, -0.2) is 13.4 Å². The van der Waals surface area contributed by atoms with Crippen LogP contribution in [0, 0.1) is 6.92 Å². The van der Waals surface area contributed by atoms with Crippen molar-refractivity contribution < 1.29 is 8.42 Å². The topological polar surface area (TPSA) is 62.3 Å². The standard InChI is InChI=1S/C18H25N3O2S/c1-13(2)21(14(3)4)24(22,23)17-10-11-18(19-12-17)20-16-8-6-15(5)7-9-16/h6-14H,1-5H3,(H,19,20). The van der Waals surface area contributed by atoms with Gasteiger partial charge in [0.1, 0.15) is 10.7 Å². The van der Waals surface area contributed by atoms with Crippen LogP contribution in [0.15, 0.2) is 47.5 Å². The van der Waals surface area contributed by atoms with E-state index in [4.69, 9.17) is 0 Å². The Kier molecular flexibility index (Phi) is 5.62. The molecule has 1 N–H and O–H groups in total. The number of hydrogen-bond donors (Lipinski definition) is 1. The van der Waals surface area contributed by atoms with Gasteiger partial charge in [0, 0.05) is 24.0 Å². The van der Waals surface area contributed by atoms with E-state index >= 15 is 0 Å². The minimum absolute atomic E-state index is 0.111. The van der Waals surface area contributed by atoms with Gasteiger partial charge in [-0.2, -0.15) is 4.31 Å². The van der Waals surface area contributed by atoms with Crippen LogP contribution < -0.4 is 5.32 Å². The van der Waals surface area contributed by atoms with Gasteiger partial charge < -0.3 is 5.32 Å². The summed E-state index contributed by atoms with van der Waals surface area (Å²) in [4.78, 5) is 4.45. The van der Waals surface area contributed by atoms with Gasteiger partial charge in [0.05, 0.1) is 0 Å². The summed E-state index contributed by atoms with van der Waals surface area (Å²) in [6.45, 7) is 9.52. The number of hydrogen-bond acceptors (Lipinski definition) is 4. The average Bonchev–Trinajstić information content (AvgIpc) is 2.49. The molecule has 2 aromatic rings. The summed E-state index contributed by atoms with van der Waals surface area (Å²) in [5.74, 6) is 0.610. The number of sulfonamides is 1. The van der Waals surface area contributed by atoms with Gasteiger partial charge in [-0.3, -0.25) is 0 Å². The van der Waals surface area contributed by atoms with Crippen LogP contribution in [0.1, 0.15) is 33.3 Å². The van der Waals surface area contributed by atoms with Crippen molar-refractivity contribution in [3.05, 3.63) is 48.2 Å². The molecule has 6 heteroatoms. The van der Waals surface area contributed by atoms with Crippen molar-refractivity contribution in [2.24, 2.45) is 0 Å². The van der Waals surface area contributed by atoms with Crippen LogP contribution in [0.25, 0.3) is 0 Å². The molecule has 0 aliphatic rings. The second-order valence-corrected chi connectivity index (χ2v) is 8.24. The highest BCUT2D eigenvalue weighted by molar-refractivity contribution is 7.89. The third-order valence-corrected chi connectivity index (χ3v) is 5.89. The molecule has 1 heterocycles. The molecule has 0 radical (unpaired) electrons. The molecular formula is C18H25N3O2S. The second kappa shape index (κ2) is 7.32. The highest BCUT2D eigenvalue weighted by Crippen LogP contribution is 2.22. The van der Waals surface area contributed by atoms with E-state index in [2.05, 4.69) is 10.3 Å². The lowest BCUT2D eigenvalue weighted by molar-refractivity contribution is 0.302. The van der Waals surface area contributed by atoms with Gasteiger partial charge in [-0.15, -0.1) is 0 Å². The first-order valence-electron chi connectivity index (χ1n) is 8.05. The first-order valence-corrected chi connectivity index (χ1v) is 9.49. The lowest BCUT2D eigenvalue weighted by atomic mass is 10.2. The summed E-state index contributed by atoms with van der Waals surface area (Å²) in [6.07, 6.45) is 1.41. The number of rotatable bonds is 6. The summed E-state index contributed by atoms with van der Waals surface area (Å²) < 4.78 is 27.1. The van der Waals surface area contributed by atoms with Gasteiger partial charge in [0.25, 0.3) is 0 Å².